The van der Waals surface area contributed by atoms with Crippen LogP contribution in [0, 0.1) is 0 Å². The van der Waals surface area contributed by atoms with Crippen LogP contribution in [0.5, 0.6) is 23.0 Å². The van der Waals surface area contributed by atoms with E-state index in [0.717, 1.165) is 22.1 Å². The van der Waals surface area contributed by atoms with Crippen molar-refractivity contribution in [2.24, 2.45) is 0 Å². The minimum atomic E-state index is -0.215. The summed E-state index contributed by atoms with van der Waals surface area (Å²) in [5, 5.41) is 54.0. The Hall–Kier alpha value is -5.28. The Morgan fingerprint density at radius 1 is 0.580 bits per heavy atom. The molecule has 4 aromatic carbocycles. The fourth-order valence-corrected chi connectivity index (χ4v) is 3.95. The number of fused-ring (bicyclic) bond motifs is 2. The molecule has 0 unspecified atom stereocenters. The first-order valence-electron chi connectivity index (χ1n) is 15.8. The van der Waals surface area contributed by atoms with E-state index < -0.39 is 0 Å². The predicted molar refractivity (Wildman–Crippen MR) is 192 cm³/mol. The molecular formula is C36H48N6O8. The van der Waals surface area contributed by atoms with Crippen molar-refractivity contribution >= 4 is 22.1 Å². The summed E-state index contributed by atoms with van der Waals surface area (Å²) >= 11 is 0. The number of aromatic hydroxyl groups is 2. The third-order valence-electron chi connectivity index (χ3n) is 6.02. The van der Waals surface area contributed by atoms with Crippen LogP contribution in [0.1, 0.15) is 41.5 Å². The van der Waals surface area contributed by atoms with Gasteiger partial charge in [-0.3, -0.25) is 0 Å². The van der Waals surface area contributed by atoms with Gasteiger partial charge < -0.3 is 39.4 Å². The molecule has 2 heterocycles. The number of benzene rings is 4. The van der Waals surface area contributed by atoms with Crippen LogP contribution < -0.4 is 9.47 Å². The lowest BCUT2D eigenvalue weighted by atomic mass is 10.3. The minimum absolute atomic E-state index is 0. The molecule has 0 fully saturated rings. The molecule has 4 N–H and O–H groups in total. The fourth-order valence-electron chi connectivity index (χ4n) is 3.95. The van der Waals surface area contributed by atoms with Crippen molar-refractivity contribution in [3.05, 3.63) is 84.9 Å². The molecule has 0 aliphatic carbocycles. The molecule has 0 aliphatic heterocycles. The second kappa shape index (κ2) is 22.4. The van der Waals surface area contributed by atoms with E-state index in [1.165, 1.54) is 28.1 Å². The average Bonchev–Trinajstić information content (AvgIpc) is 3.73. The lowest BCUT2D eigenvalue weighted by Crippen LogP contribution is -2.06. The number of aliphatic hydroxyl groups is 2. The molecule has 0 aliphatic rings. The summed E-state index contributed by atoms with van der Waals surface area (Å²) in [6.07, 6.45) is 1.25. The minimum Gasteiger partial charge on any atom is -0.505 e. The molecule has 0 amide bonds. The molecule has 6 aromatic rings. The zero-order valence-electron chi connectivity index (χ0n) is 28.1. The number of hydrogen-bond donors (Lipinski definition) is 4. The first-order valence-corrected chi connectivity index (χ1v) is 15.8. The van der Waals surface area contributed by atoms with Crippen LogP contribution in [0.4, 0.5) is 0 Å². The molecule has 14 heteroatoms. The molecule has 50 heavy (non-hydrogen) atoms. The molecule has 2 aromatic heterocycles. The number of nitrogens with zero attached hydrogens (tertiary/aromatic N) is 6. The molecule has 0 radical (unpaired) electrons. The molecule has 6 rings (SSSR count). The zero-order valence-corrected chi connectivity index (χ0v) is 28.1. The van der Waals surface area contributed by atoms with Crippen molar-refractivity contribution in [1.29, 1.82) is 0 Å². The molecule has 0 spiro atoms. The van der Waals surface area contributed by atoms with E-state index in [1.807, 2.05) is 55.5 Å². The summed E-state index contributed by atoms with van der Waals surface area (Å²) in [5.74, 6) is 0.722. The maximum absolute atomic E-state index is 10.4. The lowest BCUT2D eigenvalue weighted by Gasteiger charge is -2.11. The van der Waals surface area contributed by atoms with Crippen LogP contribution in [0.2, 0.25) is 0 Å². The van der Waals surface area contributed by atoms with Gasteiger partial charge in [-0.25, -0.2) is 0 Å². The van der Waals surface area contributed by atoms with Gasteiger partial charge in [0, 0.05) is 25.3 Å². The number of aromatic nitrogens is 6. The predicted octanol–water partition coefficient (Wildman–Crippen LogP) is 6.02. The van der Waals surface area contributed by atoms with E-state index in [0.29, 0.717) is 42.7 Å². The fraction of sp³-hybridized carbons (Fsp3) is 0.333. The molecule has 0 bridgehead atoms. The van der Waals surface area contributed by atoms with E-state index in [-0.39, 0.29) is 39.1 Å². The van der Waals surface area contributed by atoms with E-state index in [4.69, 9.17) is 24.4 Å². The third-order valence-corrected chi connectivity index (χ3v) is 6.02. The molecule has 0 atom stereocenters. The van der Waals surface area contributed by atoms with E-state index >= 15 is 0 Å². The van der Waals surface area contributed by atoms with Crippen LogP contribution in [0.25, 0.3) is 33.4 Å². The molecule has 0 saturated carbocycles. The van der Waals surface area contributed by atoms with Gasteiger partial charge in [0.25, 0.3) is 0 Å². The average molecular weight is 693 g/mol. The maximum atomic E-state index is 10.4. The first kappa shape index (κ1) is 40.9. The highest BCUT2D eigenvalue weighted by Crippen LogP contribution is 2.29. The summed E-state index contributed by atoms with van der Waals surface area (Å²) in [5.41, 5.74) is 3.76. The van der Waals surface area contributed by atoms with Gasteiger partial charge in [0.2, 0.25) is 6.79 Å². The van der Waals surface area contributed by atoms with Gasteiger partial charge in [-0.05, 0) is 62.4 Å². The Labute approximate surface area is 292 Å². The number of phenolic OH excluding ortho intramolecular Hbond substituents is 2. The summed E-state index contributed by atoms with van der Waals surface area (Å²) in [6, 6.07) is 24.5. The van der Waals surface area contributed by atoms with Gasteiger partial charge in [0.15, 0.2) is 0 Å². The Kier molecular flexibility index (Phi) is 18.3. The standard InChI is InChI=1S/C25H18N6O4.C5H12O3.C3H8.C2H6O.CH4/c32-24-13-16(9-11-22(24)30-26-18-5-1-2-6-19(18)27-30)34-15-35-17-10-12-23(25(33)14-17)31-28-20-7-3-4-8-21(20)29-31;1-2-7-3-4-8-5-6;1-3-2;1-2-3;/h1-14,32-33H,15H2;6H,2-5H2,1H3;3H2,1-2H3;3H,2H2,1H3;1H4. The quantitative estimate of drug-likeness (QED) is 0.0918. The smallest absolute Gasteiger partial charge is 0.230 e. The monoisotopic (exact) mass is 692 g/mol. The van der Waals surface area contributed by atoms with Crippen LogP contribution in [-0.4, -0.2) is 90.4 Å². The van der Waals surface area contributed by atoms with Crippen LogP contribution >= 0.6 is 0 Å². The van der Waals surface area contributed by atoms with Gasteiger partial charge in [-0.1, -0.05) is 52.0 Å². The zero-order chi connectivity index (χ0) is 35.4. The van der Waals surface area contributed by atoms with Crippen molar-refractivity contribution < 1.29 is 39.4 Å². The van der Waals surface area contributed by atoms with Crippen molar-refractivity contribution in [2.45, 2.75) is 41.5 Å². The van der Waals surface area contributed by atoms with E-state index in [9.17, 15) is 10.2 Å². The highest BCUT2D eigenvalue weighted by atomic mass is 16.7. The summed E-state index contributed by atoms with van der Waals surface area (Å²) < 4.78 is 20.6. The largest absolute Gasteiger partial charge is 0.505 e. The van der Waals surface area contributed by atoms with Crippen molar-refractivity contribution in [3.8, 4) is 34.4 Å². The molecular weight excluding hydrogens is 644 g/mol. The van der Waals surface area contributed by atoms with Crippen molar-refractivity contribution in [1.82, 2.24) is 30.0 Å². The Morgan fingerprint density at radius 3 is 1.26 bits per heavy atom. The molecule has 270 valence electrons. The third kappa shape index (κ3) is 12.3. The number of rotatable bonds is 11. The Bertz CT molecular complexity index is 1630. The first-order chi connectivity index (χ1) is 23.9. The topological polar surface area (TPSA) is 179 Å². The number of hydrogen-bond acceptors (Lipinski definition) is 12. The Balaban J connectivity index is 0.000000496. The van der Waals surface area contributed by atoms with E-state index in [2.05, 4.69) is 39.0 Å². The van der Waals surface area contributed by atoms with Crippen molar-refractivity contribution in [3.63, 3.8) is 0 Å². The highest BCUT2D eigenvalue weighted by Gasteiger charge is 2.12. The van der Waals surface area contributed by atoms with Crippen LogP contribution in [-0.2, 0) is 9.47 Å². The van der Waals surface area contributed by atoms with Gasteiger partial charge in [-0.2, -0.15) is 0 Å². The number of aliphatic hydroxyl groups excluding tert-OH is 2. The molecule has 0 saturated heterocycles. The second-order valence-corrected chi connectivity index (χ2v) is 9.92. The van der Waals surface area contributed by atoms with Crippen molar-refractivity contribution in [2.75, 3.05) is 40.0 Å². The van der Waals surface area contributed by atoms with Gasteiger partial charge in [0.1, 0.15) is 63.2 Å². The number of phenols is 2. The van der Waals surface area contributed by atoms with Crippen LogP contribution in [0.15, 0.2) is 84.9 Å². The van der Waals surface area contributed by atoms with E-state index in [1.54, 1.807) is 31.2 Å². The lowest BCUT2D eigenvalue weighted by molar-refractivity contribution is -0.0276. The molecule has 14 nitrogen and oxygen atoms in total. The summed E-state index contributed by atoms with van der Waals surface area (Å²) in [7, 11) is 0. The SMILES string of the molecule is C.CCC.CCO.CCOCCOCO.Oc1cc(OCOc2ccc(-n3nc4ccccc4n3)c(O)c2)ccc1-n1nc2ccccc2n1. The highest BCUT2D eigenvalue weighted by molar-refractivity contribution is 5.74. The van der Waals surface area contributed by atoms with Gasteiger partial charge in [-0.15, -0.1) is 30.0 Å². The number of ether oxygens (including phenoxy) is 4. The van der Waals surface area contributed by atoms with Gasteiger partial charge in [0.05, 0.1) is 13.2 Å². The summed E-state index contributed by atoms with van der Waals surface area (Å²) in [6.45, 7) is 9.49. The summed E-state index contributed by atoms with van der Waals surface area (Å²) in [4.78, 5) is 2.75. The second-order valence-electron chi connectivity index (χ2n) is 9.92. The van der Waals surface area contributed by atoms with Gasteiger partial charge >= 0.3 is 0 Å². The van der Waals surface area contributed by atoms with Crippen LogP contribution in [0.3, 0.4) is 0 Å². The Morgan fingerprint density at radius 2 is 0.940 bits per heavy atom. The normalized spacial score (nSPS) is 10.1. The maximum Gasteiger partial charge on any atom is 0.230 e.